The van der Waals surface area contributed by atoms with Gasteiger partial charge in [0.05, 0.1) is 11.6 Å². The number of imide groups is 1. The smallest absolute Gasteiger partial charge is 0.325 e. The number of carbonyl (C=O) groups is 3. The van der Waals surface area contributed by atoms with E-state index in [4.69, 9.17) is 5.26 Å². The minimum Gasteiger partial charge on any atom is -0.339 e. The van der Waals surface area contributed by atoms with Crippen molar-refractivity contribution in [2.45, 2.75) is 52.1 Å². The number of hydrogen-bond acceptors (Lipinski definition) is 5. The molecule has 1 aromatic carbocycles. The fourth-order valence-corrected chi connectivity index (χ4v) is 5.98. The van der Waals surface area contributed by atoms with E-state index < -0.39 is 11.6 Å². The van der Waals surface area contributed by atoms with Gasteiger partial charge < -0.3 is 10.2 Å². The van der Waals surface area contributed by atoms with Crippen molar-refractivity contribution >= 4 is 17.8 Å². The highest BCUT2D eigenvalue weighted by molar-refractivity contribution is 6.09. The minimum absolute atomic E-state index is 0.0358. The van der Waals surface area contributed by atoms with Crippen molar-refractivity contribution in [3.8, 4) is 6.07 Å². The van der Waals surface area contributed by atoms with Crippen LogP contribution in [0.5, 0.6) is 0 Å². The zero-order valence-electron chi connectivity index (χ0n) is 19.8. The number of rotatable bonds is 4. The molecule has 1 spiro atoms. The van der Waals surface area contributed by atoms with E-state index in [1.54, 1.807) is 4.90 Å². The lowest BCUT2D eigenvalue weighted by atomic mass is 9.64. The number of benzene rings is 1. The van der Waals surface area contributed by atoms with Crippen molar-refractivity contribution in [2.75, 3.05) is 32.7 Å². The molecule has 2 heterocycles. The van der Waals surface area contributed by atoms with E-state index in [2.05, 4.69) is 37.1 Å². The Balaban J connectivity index is 1.32. The first-order chi connectivity index (χ1) is 15.6. The monoisotopic (exact) mass is 451 g/mol. The van der Waals surface area contributed by atoms with Gasteiger partial charge in [0.2, 0.25) is 5.91 Å². The Morgan fingerprint density at radius 1 is 1.12 bits per heavy atom. The van der Waals surface area contributed by atoms with Crippen molar-refractivity contribution in [1.29, 1.82) is 5.26 Å². The summed E-state index contributed by atoms with van der Waals surface area (Å²) >= 11 is 0. The molecule has 8 nitrogen and oxygen atoms in total. The Kier molecular flexibility index (Phi) is 6.19. The fraction of sp³-hybridized carbons (Fsp3) is 0.600. The number of piperazine rings is 1. The maximum absolute atomic E-state index is 13.3. The molecule has 4 rings (SSSR count). The number of amides is 4. The Morgan fingerprint density at radius 2 is 1.79 bits per heavy atom. The van der Waals surface area contributed by atoms with E-state index in [-0.39, 0.29) is 23.8 Å². The summed E-state index contributed by atoms with van der Waals surface area (Å²) < 4.78 is 0. The first-order valence-corrected chi connectivity index (χ1v) is 11.7. The highest BCUT2D eigenvalue weighted by atomic mass is 16.2. The Morgan fingerprint density at radius 3 is 2.39 bits per heavy atom. The van der Waals surface area contributed by atoms with Crippen LogP contribution in [-0.2, 0) is 16.1 Å². The lowest BCUT2D eigenvalue weighted by Gasteiger charge is -2.43. The van der Waals surface area contributed by atoms with Crippen LogP contribution in [0, 0.1) is 22.7 Å². The van der Waals surface area contributed by atoms with Gasteiger partial charge in [-0.2, -0.15) is 5.26 Å². The molecule has 3 fully saturated rings. The van der Waals surface area contributed by atoms with Crippen LogP contribution < -0.4 is 5.32 Å². The van der Waals surface area contributed by atoms with E-state index in [1.807, 2.05) is 24.3 Å². The second-order valence-corrected chi connectivity index (χ2v) is 10.7. The molecule has 1 aliphatic carbocycles. The molecule has 8 heteroatoms. The van der Waals surface area contributed by atoms with Gasteiger partial charge in [-0.3, -0.25) is 19.4 Å². The molecule has 0 unspecified atom stereocenters. The fourth-order valence-electron chi connectivity index (χ4n) is 5.98. The molecule has 33 heavy (non-hydrogen) atoms. The normalized spacial score (nSPS) is 27.5. The van der Waals surface area contributed by atoms with E-state index in [0.717, 1.165) is 36.5 Å². The van der Waals surface area contributed by atoms with Crippen LogP contribution in [0.2, 0.25) is 0 Å². The third-order valence-corrected chi connectivity index (χ3v) is 7.13. The van der Waals surface area contributed by atoms with Crippen molar-refractivity contribution < 1.29 is 14.4 Å². The molecule has 1 N–H and O–H groups in total. The van der Waals surface area contributed by atoms with Crippen LogP contribution in [0.15, 0.2) is 24.3 Å². The molecule has 3 aliphatic rings. The summed E-state index contributed by atoms with van der Waals surface area (Å²) in [4.78, 5) is 44.1. The first-order valence-electron chi connectivity index (χ1n) is 11.7. The lowest BCUT2D eigenvalue weighted by Crippen LogP contribution is -2.55. The number of nitriles is 1. The summed E-state index contributed by atoms with van der Waals surface area (Å²) in [5.41, 5.74) is 0.857. The molecule has 2 aliphatic heterocycles. The molecule has 0 radical (unpaired) electrons. The molecule has 1 aromatic rings. The third kappa shape index (κ3) is 4.88. The predicted molar refractivity (Wildman–Crippen MR) is 123 cm³/mol. The van der Waals surface area contributed by atoms with Gasteiger partial charge in [0, 0.05) is 32.7 Å². The predicted octanol–water partition coefficient (Wildman–Crippen LogP) is 2.34. The van der Waals surface area contributed by atoms with Gasteiger partial charge in [0.15, 0.2) is 0 Å². The van der Waals surface area contributed by atoms with Crippen LogP contribution in [0.1, 0.15) is 51.2 Å². The summed E-state index contributed by atoms with van der Waals surface area (Å²) in [5.74, 6) is -0.102. The van der Waals surface area contributed by atoms with Crippen LogP contribution in [0.3, 0.4) is 0 Å². The molecule has 1 saturated carbocycles. The van der Waals surface area contributed by atoms with Crippen LogP contribution >= 0.6 is 0 Å². The lowest BCUT2D eigenvalue weighted by molar-refractivity contribution is -0.141. The maximum Gasteiger partial charge on any atom is 0.325 e. The molecule has 2 atom stereocenters. The third-order valence-electron chi connectivity index (χ3n) is 7.13. The number of hydrogen-bond donors (Lipinski definition) is 1. The second kappa shape index (κ2) is 8.79. The van der Waals surface area contributed by atoms with Gasteiger partial charge in [0.1, 0.15) is 12.1 Å². The van der Waals surface area contributed by atoms with Crippen molar-refractivity contribution in [3.05, 3.63) is 35.4 Å². The first kappa shape index (κ1) is 23.2. The maximum atomic E-state index is 13.3. The number of nitrogens with one attached hydrogen (secondary N) is 1. The zero-order valence-corrected chi connectivity index (χ0v) is 19.8. The molecular weight excluding hydrogens is 418 g/mol. The SMILES string of the molecule is C[C@H]1CC(C)(C)C[C@]2(C1)NC(=O)N(CC(=O)N1CCN(Cc3ccc(C#N)cc3)CC1)C2=O. The van der Waals surface area contributed by atoms with Gasteiger partial charge in [-0.25, -0.2) is 4.79 Å². The molecule has 4 amide bonds. The minimum atomic E-state index is -0.877. The highest BCUT2D eigenvalue weighted by Gasteiger charge is 2.56. The van der Waals surface area contributed by atoms with Gasteiger partial charge in [-0.1, -0.05) is 32.9 Å². The zero-order chi connectivity index (χ0) is 23.8. The van der Waals surface area contributed by atoms with Crippen LogP contribution in [0.4, 0.5) is 4.79 Å². The van der Waals surface area contributed by atoms with E-state index >= 15 is 0 Å². The number of nitrogens with zero attached hydrogens (tertiary/aromatic N) is 4. The van der Waals surface area contributed by atoms with Gasteiger partial charge >= 0.3 is 6.03 Å². The quantitative estimate of drug-likeness (QED) is 0.709. The molecular formula is C25H33N5O3. The highest BCUT2D eigenvalue weighted by Crippen LogP contribution is 2.46. The van der Waals surface area contributed by atoms with Gasteiger partial charge in [-0.15, -0.1) is 0 Å². The molecule has 176 valence electrons. The summed E-state index contributed by atoms with van der Waals surface area (Å²) in [6, 6.07) is 9.21. The topological polar surface area (TPSA) is 96.8 Å². The van der Waals surface area contributed by atoms with Crippen LogP contribution in [0.25, 0.3) is 0 Å². The summed E-state index contributed by atoms with van der Waals surface area (Å²) in [7, 11) is 0. The van der Waals surface area contributed by atoms with Crippen molar-refractivity contribution in [3.63, 3.8) is 0 Å². The van der Waals surface area contributed by atoms with Gasteiger partial charge in [0.25, 0.3) is 5.91 Å². The summed E-state index contributed by atoms with van der Waals surface area (Å²) in [5, 5.41) is 11.9. The molecule has 0 aromatic heterocycles. The molecule has 2 saturated heterocycles. The average Bonchev–Trinajstić information content (AvgIpc) is 2.96. The van der Waals surface area contributed by atoms with E-state index in [1.165, 1.54) is 0 Å². The van der Waals surface area contributed by atoms with Crippen LogP contribution in [-0.4, -0.2) is 70.8 Å². The van der Waals surface area contributed by atoms with E-state index in [9.17, 15) is 14.4 Å². The molecule has 0 bridgehead atoms. The van der Waals surface area contributed by atoms with Gasteiger partial charge in [-0.05, 0) is 48.3 Å². The number of urea groups is 1. The van der Waals surface area contributed by atoms with Crippen molar-refractivity contribution in [1.82, 2.24) is 20.0 Å². The van der Waals surface area contributed by atoms with Crippen molar-refractivity contribution in [2.24, 2.45) is 11.3 Å². The standard InChI is InChI=1S/C25H33N5O3/c1-18-12-24(2,3)17-25(13-18)22(32)30(23(33)27-25)16-21(31)29-10-8-28(9-11-29)15-20-6-4-19(14-26)5-7-20/h4-7,18H,8-13,15-17H2,1-3H3,(H,27,33)/t18-,25-/m0/s1. The second-order valence-electron chi connectivity index (χ2n) is 10.7. The average molecular weight is 452 g/mol. The van der Waals surface area contributed by atoms with E-state index in [0.29, 0.717) is 37.4 Å². The Hall–Kier alpha value is -2.92. The largest absolute Gasteiger partial charge is 0.339 e. The summed E-state index contributed by atoms with van der Waals surface area (Å²) in [6.45, 7) is 9.52. The summed E-state index contributed by atoms with van der Waals surface area (Å²) in [6.07, 6.45) is 2.25. The Labute approximate surface area is 195 Å². The number of carbonyl (C=O) groups excluding carboxylic acids is 3. The Bertz CT molecular complexity index is 975.